The predicted octanol–water partition coefficient (Wildman–Crippen LogP) is 18.1. The lowest BCUT2D eigenvalue weighted by Gasteiger charge is -2.20. The molecule has 0 spiro atoms. The fraction of sp³-hybridized carbons (Fsp3) is 0.717. The largest absolute Gasteiger partial charge is 0.394 e. The van der Waals surface area contributed by atoms with E-state index < -0.39 is 12.1 Å². The summed E-state index contributed by atoms with van der Waals surface area (Å²) >= 11 is 0. The Bertz CT molecular complexity index is 1190. The van der Waals surface area contributed by atoms with Crippen LogP contribution in [0.15, 0.2) is 97.2 Å². The van der Waals surface area contributed by atoms with E-state index in [0.29, 0.717) is 6.42 Å². The summed E-state index contributed by atoms with van der Waals surface area (Å²) in [6, 6.07) is -0.632. The highest BCUT2D eigenvalue weighted by Gasteiger charge is 2.18. The van der Waals surface area contributed by atoms with Crippen LogP contribution in [0.5, 0.6) is 0 Å². The van der Waals surface area contributed by atoms with Gasteiger partial charge in [-0.05, 0) is 77.0 Å². The summed E-state index contributed by atoms with van der Waals surface area (Å²) in [6.45, 7) is 4.20. The molecule has 0 aromatic carbocycles. The van der Waals surface area contributed by atoms with E-state index in [4.69, 9.17) is 0 Å². The van der Waals surface area contributed by atoms with Crippen molar-refractivity contribution in [2.24, 2.45) is 0 Å². The number of carbonyl (C=O) groups is 1. The molecule has 0 saturated heterocycles. The van der Waals surface area contributed by atoms with Crippen molar-refractivity contribution in [3.63, 3.8) is 0 Å². The van der Waals surface area contributed by atoms with Crippen molar-refractivity contribution in [3.05, 3.63) is 97.2 Å². The Hall–Kier alpha value is -2.69. The van der Waals surface area contributed by atoms with Crippen molar-refractivity contribution in [1.82, 2.24) is 5.32 Å². The molecule has 0 saturated carbocycles. The van der Waals surface area contributed by atoms with Gasteiger partial charge in [0.15, 0.2) is 0 Å². The molecule has 368 valence electrons. The summed E-state index contributed by atoms with van der Waals surface area (Å²) in [4.78, 5) is 12.5. The number of hydrogen-bond donors (Lipinski definition) is 3. The highest BCUT2D eigenvalue weighted by atomic mass is 16.3. The van der Waals surface area contributed by atoms with Gasteiger partial charge in [-0.25, -0.2) is 0 Å². The lowest BCUT2D eigenvalue weighted by molar-refractivity contribution is -0.123. The average molecular weight is 889 g/mol. The third-order valence-corrected chi connectivity index (χ3v) is 12.1. The second kappa shape index (κ2) is 54.6. The fourth-order valence-corrected chi connectivity index (χ4v) is 7.92. The Morgan fingerprint density at radius 1 is 0.391 bits per heavy atom. The molecule has 2 atom stereocenters. The monoisotopic (exact) mass is 888 g/mol. The number of amides is 1. The van der Waals surface area contributed by atoms with Gasteiger partial charge >= 0.3 is 0 Å². The van der Waals surface area contributed by atoms with Gasteiger partial charge in [-0.15, -0.1) is 0 Å². The number of nitrogens with one attached hydrogen (secondary N) is 1. The zero-order chi connectivity index (χ0) is 46.3. The quantitative estimate of drug-likeness (QED) is 0.0421. The molecular weight excluding hydrogens is 783 g/mol. The van der Waals surface area contributed by atoms with E-state index in [1.807, 2.05) is 6.08 Å². The molecule has 4 heteroatoms. The van der Waals surface area contributed by atoms with E-state index in [1.54, 1.807) is 6.08 Å². The first-order valence-corrected chi connectivity index (χ1v) is 27.5. The first-order chi connectivity index (χ1) is 31.7. The van der Waals surface area contributed by atoms with Gasteiger partial charge in [0.05, 0.1) is 18.8 Å². The molecule has 3 N–H and O–H groups in total. The number of hydrogen-bond acceptors (Lipinski definition) is 3. The molecule has 0 fully saturated rings. The lowest BCUT2D eigenvalue weighted by Crippen LogP contribution is -2.45. The van der Waals surface area contributed by atoms with Crippen molar-refractivity contribution in [2.75, 3.05) is 6.61 Å². The maximum atomic E-state index is 12.5. The molecule has 64 heavy (non-hydrogen) atoms. The Morgan fingerprint density at radius 3 is 1.03 bits per heavy atom. The number of unbranched alkanes of at least 4 members (excludes halogenated alkanes) is 28. The Kier molecular flexibility index (Phi) is 52.3. The standard InChI is InChI=1S/C60H105NO3/c1-3-5-7-9-11-13-15-17-19-21-23-25-26-27-28-29-30-31-32-33-34-36-38-40-42-44-46-48-50-52-54-56-60(64)61-58(57-62)59(63)55-53-51-49-47-45-43-41-39-37-35-24-22-20-18-16-14-12-10-8-6-4-2/h5,7,11,13,17,19,23,25,27-28,30-31,33-34,53,55,58-59,62-63H,3-4,6,8-10,12,14-16,18,20-22,24,26,29,32,35-52,54,56-57H2,1-2H3,(H,61,64)/b7-5-,13-11-,19-17-,25-23-,28-27-,31-30-,34-33-,55-53+. The molecule has 0 heterocycles. The van der Waals surface area contributed by atoms with E-state index in [2.05, 4.69) is 104 Å². The SMILES string of the molecule is CC/C=C\C/C=C\C/C=C\C/C=C\C/C=C\C/C=C\C/C=C\CCCCCCCCCCCC(=O)NC(CO)C(O)/C=C/CCCCCCCCCCCCCCCCCCCCC. The summed E-state index contributed by atoms with van der Waals surface area (Å²) in [6.07, 6.45) is 81.2. The zero-order valence-electron chi connectivity index (χ0n) is 42.3. The molecule has 0 aliphatic carbocycles. The van der Waals surface area contributed by atoms with Crippen LogP contribution < -0.4 is 5.32 Å². The minimum atomic E-state index is -0.848. The molecule has 4 nitrogen and oxygen atoms in total. The van der Waals surface area contributed by atoms with Crippen LogP contribution in [0.1, 0.15) is 258 Å². The van der Waals surface area contributed by atoms with Gasteiger partial charge in [0.1, 0.15) is 0 Å². The Labute approximate surface area is 398 Å². The first-order valence-electron chi connectivity index (χ1n) is 27.5. The first kappa shape index (κ1) is 61.3. The summed E-state index contributed by atoms with van der Waals surface area (Å²) in [7, 11) is 0. The topological polar surface area (TPSA) is 69.6 Å². The highest BCUT2D eigenvalue weighted by Crippen LogP contribution is 2.16. The second-order valence-electron chi connectivity index (χ2n) is 18.3. The highest BCUT2D eigenvalue weighted by molar-refractivity contribution is 5.76. The van der Waals surface area contributed by atoms with Crippen LogP contribution >= 0.6 is 0 Å². The summed E-state index contributed by atoms with van der Waals surface area (Å²) in [5.74, 6) is -0.0725. The van der Waals surface area contributed by atoms with E-state index in [0.717, 1.165) is 70.6 Å². The van der Waals surface area contributed by atoms with E-state index in [9.17, 15) is 15.0 Å². The summed E-state index contributed by atoms with van der Waals surface area (Å²) in [5.41, 5.74) is 0. The normalized spacial score (nSPS) is 13.6. The number of aliphatic hydroxyl groups excluding tert-OH is 2. The summed E-state index contributed by atoms with van der Waals surface area (Å²) < 4.78 is 0. The minimum Gasteiger partial charge on any atom is -0.394 e. The van der Waals surface area contributed by atoms with Crippen LogP contribution in [-0.4, -0.2) is 34.9 Å². The van der Waals surface area contributed by atoms with Gasteiger partial charge in [-0.1, -0.05) is 272 Å². The maximum Gasteiger partial charge on any atom is 0.220 e. The van der Waals surface area contributed by atoms with Crippen molar-refractivity contribution in [1.29, 1.82) is 0 Å². The Balaban J connectivity index is 3.59. The van der Waals surface area contributed by atoms with Gasteiger partial charge in [0, 0.05) is 6.42 Å². The molecule has 1 amide bonds. The third kappa shape index (κ3) is 50.3. The number of carbonyl (C=O) groups excluding carboxylic acids is 1. The maximum absolute atomic E-state index is 12.5. The number of allylic oxidation sites excluding steroid dienone is 15. The second-order valence-corrected chi connectivity index (χ2v) is 18.3. The van der Waals surface area contributed by atoms with Gasteiger partial charge in [-0.3, -0.25) is 4.79 Å². The molecule has 0 aromatic rings. The van der Waals surface area contributed by atoms with Crippen molar-refractivity contribution < 1.29 is 15.0 Å². The molecule has 0 aliphatic rings. The van der Waals surface area contributed by atoms with Gasteiger partial charge in [-0.2, -0.15) is 0 Å². The minimum absolute atomic E-state index is 0.0725. The van der Waals surface area contributed by atoms with Crippen LogP contribution in [0.4, 0.5) is 0 Å². The molecule has 0 radical (unpaired) electrons. The Morgan fingerprint density at radius 2 is 0.688 bits per heavy atom. The van der Waals surface area contributed by atoms with E-state index >= 15 is 0 Å². The smallest absolute Gasteiger partial charge is 0.220 e. The van der Waals surface area contributed by atoms with Crippen LogP contribution in [0.2, 0.25) is 0 Å². The lowest BCUT2D eigenvalue weighted by atomic mass is 10.0. The third-order valence-electron chi connectivity index (χ3n) is 12.1. The van der Waals surface area contributed by atoms with Crippen molar-refractivity contribution in [3.8, 4) is 0 Å². The fourth-order valence-electron chi connectivity index (χ4n) is 7.92. The molecule has 2 unspecified atom stereocenters. The van der Waals surface area contributed by atoms with Crippen LogP contribution in [0, 0.1) is 0 Å². The molecule has 0 aliphatic heterocycles. The molecule has 0 bridgehead atoms. The van der Waals surface area contributed by atoms with Crippen molar-refractivity contribution in [2.45, 2.75) is 270 Å². The summed E-state index contributed by atoms with van der Waals surface area (Å²) in [5, 5.41) is 23.2. The van der Waals surface area contributed by atoms with Gasteiger partial charge in [0.2, 0.25) is 5.91 Å². The van der Waals surface area contributed by atoms with Gasteiger partial charge < -0.3 is 15.5 Å². The van der Waals surface area contributed by atoms with E-state index in [1.165, 1.54) is 167 Å². The van der Waals surface area contributed by atoms with Crippen LogP contribution in [0.3, 0.4) is 0 Å². The molecule has 0 rings (SSSR count). The number of rotatable bonds is 49. The zero-order valence-corrected chi connectivity index (χ0v) is 42.3. The van der Waals surface area contributed by atoms with Gasteiger partial charge in [0.25, 0.3) is 0 Å². The van der Waals surface area contributed by atoms with E-state index in [-0.39, 0.29) is 12.5 Å². The number of aliphatic hydroxyl groups is 2. The average Bonchev–Trinajstić information content (AvgIpc) is 3.30. The van der Waals surface area contributed by atoms with Crippen LogP contribution in [0.25, 0.3) is 0 Å². The molecular formula is C60H105NO3. The molecule has 0 aromatic heterocycles. The van der Waals surface area contributed by atoms with Crippen molar-refractivity contribution >= 4 is 5.91 Å². The van der Waals surface area contributed by atoms with Crippen LogP contribution in [-0.2, 0) is 4.79 Å². The predicted molar refractivity (Wildman–Crippen MR) is 285 cm³/mol.